The molecule has 1 aromatic heterocycles. The number of hydrogen-bond acceptors (Lipinski definition) is 5. The van der Waals surface area contributed by atoms with E-state index in [1.54, 1.807) is 24.3 Å². The van der Waals surface area contributed by atoms with Gasteiger partial charge in [0.05, 0.1) is 12.8 Å². The number of anilines is 2. The van der Waals surface area contributed by atoms with Gasteiger partial charge in [0.1, 0.15) is 10.6 Å². The van der Waals surface area contributed by atoms with Crippen molar-refractivity contribution in [3.63, 3.8) is 0 Å². The second-order valence-electron chi connectivity index (χ2n) is 3.75. The maximum Gasteiger partial charge on any atom is 0.265 e. The van der Waals surface area contributed by atoms with Gasteiger partial charge in [-0.3, -0.25) is 9.71 Å². The van der Waals surface area contributed by atoms with Crippen LogP contribution >= 0.6 is 0 Å². The molecule has 1 aromatic carbocycles. The lowest BCUT2D eigenvalue weighted by Crippen LogP contribution is -2.15. The van der Waals surface area contributed by atoms with Crippen LogP contribution in [0, 0.1) is 0 Å². The summed E-state index contributed by atoms with van der Waals surface area (Å²) in [7, 11) is -2.20. The van der Waals surface area contributed by atoms with Crippen LogP contribution in [0.2, 0.25) is 0 Å². The van der Waals surface area contributed by atoms with E-state index in [1.165, 1.54) is 25.6 Å². The second kappa shape index (κ2) is 5.15. The maximum atomic E-state index is 12.1. The van der Waals surface area contributed by atoms with Gasteiger partial charge in [-0.2, -0.15) is 0 Å². The van der Waals surface area contributed by atoms with Crippen LogP contribution in [0.25, 0.3) is 0 Å². The lowest BCUT2D eigenvalue weighted by Gasteiger charge is -2.09. The molecule has 3 N–H and O–H groups in total. The summed E-state index contributed by atoms with van der Waals surface area (Å²) in [5.74, 6) is 0.642. The highest BCUT2D eigenvalue weighted by atomic mass is 32.2. The number of nitrogens with one attached hydrogen (secondary N) is 1. The molecule has 0 spiro atoms. The summed E-state index contributed by atoms with van der Waals surface area (Å²) in [5, 5.41) is 0. The van der Waals surface area contributed by atoms with Crippen molar-refractivity contribution in [1.82, 2.24) is 4.98 Å². The molecule has 0 saturated heterocycles. The molecule has 19 heavy (non-hydrogen) atoms. The van der Waals surface area contributed by atoms with Crippen LogP contribution in [0.3, 0.4) is 0 Å². The Morgan fingerprint density at radius 1 is 1.21 bits per heavy atom. The van der Waals surface area contributed by atoms with Crippen molar-refractivity contribution in [2.45, 2.75) is 4.90 Å². The Kier molecular flexibility index (Phi) is 3.57. The average Bonchev–Trinajstić information content (AvgIpc) is 2.39. The average molecular weight is 279 g/mol. The van der Waals surface area contributed by atoms with Crippen molar-refractivity contribution in [2.24, 2.45) is 0 Å². The number of nitrogen functional groups attached to an aromatic ring is 1. The summed E-state index contributed by atoms with van der Waals surface area (Å²) >= 11 is 0. The summed E-state index contributed by atoms with van der Waals surface area (Å²) in [5.41, 5.74) is 6.20. The lowest BCUT2D eigenvalue weighted by molar-refractivity contribution is 0.415. The summed E-state index contributed by atoms with van der Waals surface area (Å²) in [6.07, 6.45) is 2.64. The first-order valence-corrected chi connectivity index (χ1v) is 6.87. The van der Waals surface area contributed by atoms with Crippen LogP contribution in [0.15, 0.2) is 47.6 Å². The summed E-state index contributed by atoms with van der Waals surface area (Å²) in [4.78, 5) is 3.71. The molecule has 0 saturated carbocycles. The molecule has 6 nitrogen and oxygen atoms in total. The molecule has 0 fully saturated rings. The molecule has 7 heteroatoms. The molecule has 0 atom stereocenters. The minimum Gasteiger partial charge on any atom is -0.497 e. The van der Waals surface area contributed by atoms with Crippen molar-refractivity contribution in [3.8, 4) is 5.75 Å². The van der Waals surface area contributed by atoms with Gasteiger partial charge in [0, 0.05) is 18.1 Å². The van der Waals surface area contributed by atoms with Crippen molar-refractivity contribution in [3.05, 3.63) is 42.7 Å². The van der Waals surface area contributed by atoms with Gasteiger partial charge >= 0.3 is 0 Å². The largest absolute Gasteiger partial charge is 0.497 e. The molecule has 1 heterocycles. The molecule has 2 rings (SSSR count). The van der Waals surface area contributed by atoms with E-state index in [2.05, 4.69) is 9.71 Å². The van der Waals surface area contributed by atoms with E-state index >= 15 is 0 Å². The van der Waals surface area contributed by atoms with E-state index in [4.69, 9.17) is 10.5 Å². The first-order valence-electron chi connectivity index (χ1n) is 5.39. The molecule has 0 aliphatic heterocycles. The quantitative estimate of drug-likeness (QED) is 0.883. The minimum absolute atomic E-state index is 0.0502. The van der Waals surface area contributed by atoms with Gasteiger partial charge in [0.2, 0.25) is 0 Å². The van der Waals surface area contributed by atoms with Crippen molar-refractivity contribution < 1.29 is 13.2 Å². The molecule has 0 bridgehead atoms. The first kappa shape index (κ1) is 13.2. The molecule has 100 valence electrons. The predicted octanol–water partition coefficient (Wildman–Crippen LogP) is 1.47. The van der Waals surface area contributed by atoms with Gasteiger partial charge in [0.25, 0.3) is 10.0 Å². The monoisotopic (exact) mass is 279 g/mol. The highest BCUT2D eigenvalue weighted by molar-refractivity contribution is 7.92. The van der Waals surface area contributed by atoms with E-state index in [0.717, 1.165) is 0 Å². The van der Waals surface area contributed by atoms with Crippen molar-refractivity contribution in [2.75, 3.05) is 17.6 Å². The Morgan fingerprint density at radius 3 is 2.47 bits per heavy atom. The Bertz CT molecular complexity index is 669. The fourth-order valence-electron chi connectivity index (χ4n) is 1.48. The van der Waals surface area contributed by atoms with Gasteiger partial charge in [-0.15, -0.1) is 0 Å². The number of sulfonamides is 1. The van der Waals surface area contributed by atoms with Crippen LogP contribution in [-0.4, -0.2) is 20.5 Å². The third-order valence-corrected chi connectivity index (χ3v) is 3.87. The standard InChI is InChI=1S/C12H13N3O3S/c1-18-10-4-2-9(3-5-10)15-19(16,17)12-8-14-7-6-11(12)13/h2-8,15H,1H3,(H2,13,14). The normalized spacial score (nSPS) is 11.0. The van der Waals surface area contributed by atoms with Crippen molar-refractivity contribution in [1.29, 1.82) is 0 Å². The van der Waals surface area contributed by atoms with Gasteiger partial charge in [-0.05, 0) is 30.3 Å². The number of ether oxygens (including phenoxy) is 1. The molecule has 0 aliphatic rings. The summed E-state index contributed by atoms with van der Waals surface area (Å²) in [6.45, 7) is 0. The Labute approximate surface area is 111 Å². The van der Waals surface area contributed by atoms with Gasteiger partial charge in [-0.25, -0.2) is 8.42 Å². The first-order chi connectivity index (χ1) is 9.03. The van der Waals surface area contributed by atoms with Crippen molar-refractivity contribution >= 4 is 21.4 Å². The zero-order valence-electron chi connectivity index (χ0n) is 10.2. The number of nitrogens with zero attached hydrogens (tertiary/aromatic N) is 1. The highest BCUT2D eigenvalue weighted by Gasteiger charge is 2.17. The molecule has 2 aromatic rings. The molecule has 0 aliphatic carbocycles. The third kappa shape index (κ3) is 2.94. The van der Waals surface area contributed by atoms with Crippen LogP contribution in [0.1, 0.15) is 0 Å². The number of hydrogen-bond donors (Lipinski definition) is 2. The number of rotatable bonds is 4. The smallest absolute Gasteiger partial charge is 0.265 e. The fraction of sp³-hybridized carbons (Fsp3) is 0.0833. The molecule has 0 radical (unpaired) electrons. The van der Waals surface area contributed by atoms with Gasteiger partial charge in [-0.1, -0.05) is 0 Å². The number of methoxy groups -OCH3 is 1. The van der Waals surface area contributed by atoms with Gasteiger partial charge < -0.3 is 10.5 Å². The van der Waals surface area contributed by atoms with E-state index in [-0.39, 0.29) is 10.6 Å². The number of benzene rings is 1. The third-order valence-electron chi connectivity index (χ3n) is 2.45. The lowest BCUT2D eigenvalue weighted by atomic mass is 10.3. The zero-order chi connectivity index (χ0) is 13.9. The molecule has 0 unspecified atom stereocenters. The number of pyridine rings is 1. The zero-order valence-corrected chi connectivity index (χ0v) is 11.0. The van der Waals surface area contributed by atoms with Crippen LogP contribution < -0.4 is 15.2 Å². The summed E-state index contributed by atoms with van der Waals surface area (Å²) < 4.78 is 31.6. The van der Waals surface area contributed by atoms with Gasteiger partial charge in [0.15, 0.2) is 0 Å². The van der Waals surface area contributed by atoms with E-state index < -0.39 is 10.0 Å². The SMILES string of the molecule is COc1ccc(NS(=O)(=O)c2cnccc2N)cc1. The Morgan fingerprint density at radius 2 is 1.89 bits per heavy atom. The second-order valence-corrected chi connectivity index (χ2v) is 5.40. The molecular weight excluding hydrogens is 266 g/mol. The Balaban J connectivity index is 2.28. The predicted molar refractivity (Wildman–Crippen MR) is 72.5 cm³/mol. The van der Waals surface area contributed by atoms with E-state index in [0.29, 0.717) is 11.4 Å². The highest BCUT2D eigenvalue weighted by Crippen LogP contribution is 2.21. The topological polar surface area (TPSA) is 94.3 Å². The van der Waals surface area contributed by atoms with E-state index in [9.17, 15) is 8.42 Å². The van der Waals surface area contributed by atoms with Crippen LogP contribution in [0.5, 0.6) is 5.75 Å². The number of nitrogens with two attached hydrogens (primary N) is 1. The molecule has 0 amide bonds. The number of aromatic nitrogens is 1. The Hall–Kier alpha value is -2.28. The summed E-state index contributed by atoms with van der Waals surface area (Å²) in [6, 6.07) is 7.95. The molecular formula is C12H13N3O3S. The fourth-order valence-corrected chi connectivity index (χ4v) is 2.62. The van der Waals surface area contributed by atoms with E-state index in [1.807, 2.05) is 0 Å². The van der Waals surface area contributed by atoms with Crippen LogP contribution in [0.4, 0.5) is 11.4 Å². The minimum atomic E-state index is -3.74. The van der Waals surface area contributed by atoms with Crippen LogP contribution in [-0.2, 0) is 10.0 Å². The maximum absolute atomic E-state index is 12.1.